The first kappa shape index (κ1) is 22.6. The molecule has 2 unspecified atom stereocenters. The summed E-state index contributed by atoms with van der Waals surface area (Å²) >= 11 is 2.77. The zero-order chi connectivity index (χ0) is 22.9. The van der Waals surface area contributed by atoms with E-state index < -0.39 is 11.7 Å². The molecular weight excluding hydrogens is 446 g/mol. The highest BCUT2D eigenvalue weighted by Crippen LogP contribution is 2.33. The van der Waals surface area contributed by atoms with Gasteiger partial charge in [0, 0.05) is 25.4 Å². The number of aliphatic hydroxyl groups is 1. The number of nitrogens with zero attached hydrogens (tertiary/aromatic N) is 3. The Morgan fingerprint density at radius 2 is 2.09 bits per heavy atom. The molecule has 7 nitrogen and oxygen atoms in total. The van der Waals surface area contributed by atoms with Gasteiger partial charge in [-0.05, 0) is 49.2 Å². The number of hydrogen-bond donors (Lipinski definition) is 1. The molecule has 4 rings (SSSR count). The minimum absolute atomic E-state index is 0.0943. The van der Waals surface area contributed by atoms with Gasteiger partial charge in [0.2, 0.25) is 0 Å². The van der Waals surface area contributed by atoms with Crippen LogP contribution in [0.1, 0.15) is 20.8 Å². The summed E-state index contributed by atoms with van der Waals surface area (Å²) in [7, 11) is 1.57. The van der Waals surface area contributed by atoms with Gasteiger partial charge in [0.25, 0.3) is 5.56 Å². The van der Waals surface area contributed by atoms with Gasteiger partial charge in [-0.25, -0.2) is 9.97 Å². The summed E-state index contributed by atoms with van der Waals surface area (Å²) < 4.78 is 14.7. The minimum Gasteiger partial charge on any atom is -0.483 e. The molecule has 166 valence electrons. The van der Waals surface area contributed by atoms with Crippen molar-refractivity contribution in [1.29, 1.82) is 0 Å². The molecular formula is C23H23N3O4S2. The van der Waals surface area contributed by atoms with Crippen LogP contribution in [-0.4, -0.2) is 45.1 Å². The van der Waals surface area contributed by atoms with Crippen molar-refractivity contribution in [3.63, 3.8) is 0 Å². The second-order valence-corrected chi connectivity index (χ2v) is 10.3. The predicted molar refractivity (Wildman–Crippen MR) is 125 cm³/mol. The fourth-order valence-electron chi connectivity index (χ4n) is 3.28. The van der Waals surface area contributed by atoms with Crippen molar-refractivity contribution in [3.8, 4) is 0 Å². The molecule has 0 fully saturated rings. The number of methoxy groups -OCH3 is 1. The standard InChI is InChI=1S/C23H23N3O4S2/c1-14-16(9-10-17(19(14)29-4)30-13-23(2,3)28)26-12-11-24-20(21(26)27)32-22-25-15-7-5-6-8-18(15)31-22/h5-8,11-12,14,19,28H,13H2,1-4H3. The van der Waals surface area contributed by atoms with Gasteiger partial charge in [-0.2, -0.15) is 0 Å². The lowest BCUT2D eigenvalue weighted by atomic mass is 9.96. The molecule has 3 aromatic rings. The van der Waals surface area contributed by atoms with Crippen molar-refractivity contribution in [2.24, 2.45) is 5.92 Å². The van der Waals surface area contributed by atoms with Gasteiger partial charge in [0.1, 0.15) is 12.7 Å². The Balaban J connectivity index is 1.69. The summed E-state index contributed by atoms with van der Waals surface area (Å²) in [5.41, 5.74) is 6.25. The van der Waals surface area contributed by atoms with Gasteiger partial charge in [0.15, 0.2) is 15.1 Å². The number of fused-ring (bicyclic) bond motifs is 1. The van der Waals surface area contributed by atoms with E-state index >= 15 is 0 Å². The SMILES string of the molecule is COC1C(OCC(C)(C)O)=C=C=C(n2ccnc(Sc3nc4ccccc4s3)c2=O)C1C. The molecule has 1 N–H and O–H groups in total. The lowest BCUT2D eigenvalue weighted by Gasteiger charge is -2.29. The van der Waals surface area contributed by atoms with Gasteiger partial charge in [-0.3, -0.25) is 9.36 Å². The summed E-state index contributed by atoms with van der Waals surface area (Å²) in [6.07, 6.45) is 2.74. The maximum Gasteiger partial charge on any atom is 0.288 e. The third-order valence-electron chi connectivity index (χ3n) is 4.82. The number of rotatable bonds is 7. The summed E-state index contributed by atoms with van der Waals surface area (Å²) in [5.74, 6) is 0.204. The van der Waals surface area contributed by atoms with Gasteiger partial charge >= 0.3 is 0 Å². The van der Waals surface area contributed by atoms with E-state index in [9.17, 15) is 9.90 Å². The van der Waals surface area contributed by atoms with E-state index in [2.05, 4.69) is 21.4 Å². The maximum atomic E-state index is 13.2. The Hall–Kier alpha value is -2.64. The Kier molecular flexibility index (Phi) is 6.40. The number of hydrogen-bond acceptors (Lipinski definition) is 8. The monoisotopic (exact) mass is 469 g/mol. The molecule has 2 heterocycles. The van der Waals surface area contributed by atoms with E-state index in [1.807, 2.05) is 31.2 Å². The molecule has 0 aliphatic heterocycles. The van der Waals surface area contributed by atoms with Crippen LogP contribution in [0.15, 0.2) is 68.0 Å². The average Bonchev–Trinajstić information content (AvgIpc) is 3.16. The van der Waals surface area contributed by atoms with Crippen LogP contribution in [-0.2, 0) is 9.47 Å². The van der Waals surface area contributed by atoms with Crippen LogP contribution < -0.4 is 5.56 Å². The van der Waals surface area contributed by atoms with E-state index in [1.54, 1.807) is 33.4 Å². The van der Waals surface area contributed by atoms with Crippen LogP contribution in [0.3, 0.4) is 0 Å². The molecule has 0 amide bonds. The van der Waals surface area contributed by atoms with Crippen LogP contribution in [0, 0.1) is 5.92 Å². The summed E-state index contributed by atoms with van der Waals surface area (Å²) in [6, 6.07) is 7.85. The molecule has 2 aromatic heterocycles. The van der Waals surface area contributed by atoms with Crippen LogP contribution in [0.4, 0.5) is 0 Å². The molecule has 2 atom stereocenters. The number of benzene rings is 1. The molecule has 0 radical (unpaired) electrons. The fourth-order valence-corrected chi connectivity index (χ4v) is 5.25. The Morgan fingerprint density at radius 3 is 2.81 bits per heavy atom. The lowest BCUT2D eigenvalue weighted by molar-refractivity contribution is -0.0249. The van der Waals surface area contributed by atoms with Gasteiger partial charge in [-0.1, -0.05) is 19.1 Å². The molecule has 1 aliphatic rings. The third kappa shape index (κ3) is 4.74. The summed E-state index contributed by atoms with van der Waals surface area (Å²) in [5, 5.41) is 10.3. The van der Waals surface area contributed by atoms with Gasteiger partial charge in [0.05, 0.1) is 21.5 Å². The summed E-state index contributed by atoms with van der Waals surface area (Å²) in [6.45, 7) is 5.34. The Morgan fingerprint density at radius 1 is 1.31 bits per heavy atom. The molecule has 32 heavy (non-hydrogen) atoms. The second-order valence-electron chi connectivity index (χ2n) is 8.00. The number of para-hydroxylation sites is 1. The van der Waals surface area contributed by atoms with E-state index in [4.69, 9.17) is 9.47 Å². The van der Waals surface area contributed by atoms with Crippen LogP contribution in [0.25, 0.3) is 15.9 Å². The topological polar surface area (TPSA) is 86.5 Å². The molecule has 1 aliphatic carbocycles. The zero-order valence-electron chi connectivity index (χ0n) is 18.2. The molecule has 9 heteroatoms. The fraction of sp³-hybridized carbons (Fsp3) is 0.348. The molecule has 0 saturated heterocycles. The molecule has 1 aromatic carbocycles. The van der Waals surface area contributed by atoms with Crippen LogP contribution in [0.2, 0.25) is 0 Å². The lowest BCUT2D eigenvalue weighted by Crippen LogP contribution is -2.34. The quantitative estimate of drug-likeness (QED) is 0.525. The molecule has 0 saturated carbocycles. The second kappa shape index (κ2) is 9.08. The van der Waals surface area contributed by atoms with E-state index in [1.165, 1.54) is 27.7 Å². The number of aromatic nitrogens is 3. The Bertz CT molecular complexity index is 1280. The van der Waals surface area contributed by atoms with Crippen molar-refractivity contribution in [2.75, 3.05) is 13.7 Å². The van der Waals surface area contributed by atoms with Crippen molar-refractivity contribution < 1.29 is 14.6 Å². The smallest absolute Gasteiger partial charge is 0.288 e. The van der Waals surface area contributed by atoms with Crippen molar-refractivity contribution in [3.05, 3.63) is 64.2 Å². The predicted octanol–water partition coefficient (Wildman–Crippen LogP) is 3.94. The number of ether oxygens (including phenoxy) is 2. The first-order chi connectivity index (χ1) is 15.3. The van der Waals surface area contributed by atoms with Gasteiger partial charge in [-0.15, -0.1) is 11.3 Å². The first-order valence-corrected chi connectivity index (χ1v) is 11.7. The van der Waals surface area contributed by atoms with Crippen LogP contribution in [0.5, 0.6) is 0 Å². The Labute approximate surface area is 193 Å². The maximum absolute atomic E-state index is 13.2. The van der Waals surface area contributed by atoms with Gasteiger partial charge < -0.3 is 14.6 Å². The third-order valence-corrected chi connectivity index (χ3v) is 6.89. The summed E-state index contributed by atoms with van der Waals surface area (Å²) in [4.78, 5) is 22.1. The average molecular weight is 470 g/mol. The highest BCUT2D eigenvalue weighted by Gasteiger charge is 2.31. The molecule has 0 bridgehead atoms. The van der Waals surface area contributed by atoms with Crippen LogP contribution >= 0.6 is 23.1 Å². The van der Waals surface area contributed by atoms with Crippen molar-refractivity contribution in [1.82, 2.24) is 14.5 Å². The highest BCUT2D eigenvalue weighted by atomic mass is 32.2. The van der Waals surface area contributed by atoms with E-state index in [-0.39, 0.29) is 18.1 Å². The highest BCUT2D eigenvalue weighted by molar-refractivity contribution is 8.01. The van der Waals surface area contributed by atoms with E-state index in [0.29, 0.717) is 16.5 Å². The minimum atomic E-state index is -0.991. The molecule has 0 spiro atoms. The van der Waals surface area contributed by atoms with Crippen molar-refractivity contribution in [2.45, 2.75) is 41.8 Å². The van der Waals surface area contributed by atoms with Crippen molar-refractivity contribution >= 4 is 39.0 Å². The normalized spacial score (nSPS) is 18.5. The number of thiazole rings is 1. The first-order valence-electron chi connectivity index (χ1n) is 10.0. The largest absolute Gasteiger partial charge is 0.483 e. The van der Waals surface area contributed by atoms with E-state index in [0.717, 1.165) is 14.6 Å². The zero-order valence-corrected chi connectivity index (χ0v) is 19.8.